The van der Waals surface area contributed by atoms with Crippen LogP contribution in [-0.4, -0.2) is 22.1 Å². The van der Waals surface area contributed by atoms with E-state index in [0.717, 1.165) is 19.4 Å². The first-order valence-electron chi connectivity index (χ1n) is 5.86. The second-order valence-electron chi connectivity index (χ2n) is 4.47. The summed E-state index contributed by atoms with van der Waals surface area (Å²) >= 11 is 0. The summed E-state index contributed by atoms with van der Waals surface area (Å²) in [5, 5.41) is 3.33. The van der Waals surface area contributed by atoms with Crippen molar-refractivity contribution in [1.82, 2.24) is 14.9 Å². The molecule has 1 saturated heterocycles. The molecule has 1 aliphatic rings. The number of hydrogen-bond acceptors (Lipinski definition) is 2. The lowest BCUT2D eigenvalue weighted by atomic mass is 10.2. The average Bonchev–Trinajstić information content (AvgIpc) is 2.91. The highest BCUT2D eigenvalue weighted by molar-refractivity contribution is 5.75. The largest absolute Gasteiger partial charge is 0.326 e. The lowest BCUT2D eigenvalue weighted by molar-refractivity contribution is 0.509. The van der Waals surface area contributed by atoms with Crippen LogP contribution in [0.25, 0.3) is 11.0 Å². The first kappa shape index (κ1) is 10.5. The summed E-state index contributed by atoms with van der Waals surface area (Å²) in [6, 6.07) is 5.07. The van der Waals surface area contributed by atoms with Gasteiger partial charge < -0.3 is 10.3 Å². The number of aromatic amines is 1. The molecule has 5 heteroatoms. The number of halogens is 1. The molecule has 0 spiro atoms. The van der Waals surface area contributed by atoms with Crippen molar-refractivity contribution < 1.29 is 4.39 Å². The number of rotatable bonds is 2. The molecule has 0 amide bonds. The SMILES string of the molecule is O=c1[nH]c2c(F)cccc2n1CC1CCCN1. The van der Waals surface area contributed by atoms with E-state index >= 15 is 0 Å². The van der Waals surface area contributed by atoms with Gasteiger partial charge in [-0.15, -0.1) is 0 Å². The van der Waals surface area contributed by atoms with Crippen LogP contribution in [0.1, 0.15) is 12.8 Å². The summed E-state index contributed by atoms with van der Waals surface area (Å²) in [7, 11) is 0. The maximum absolute atomic E-state index is 13.5. The molecule has 1 aromatic carbocycles. The molecule has 2 aromatic rings. The summed E-state index contributed by atoms with van der Waals surface area (Å²) in [4.78, 5) is 14.4. The molecule has 1 unspecified atom stereocenters. The Kier molecular flexibility index (Phi) is 2.48. The van der Waals surface area contributed by atoms with E-state index in [-0.39, 0.29) is 11.5 Å². The smallest absolute Gasteiger partial charge is 0.312 e. The molecule has 2 N–H and O–H groups in total. The number of fused-ring (bicyclic) bond motifs is 1. The van der Waals surface area contributed by atoms with Crippen LogP contribution in [0.3, 0.4) is 0 Å². The van der Waals surface area contributed by atoms with Crippen LogP contribution in [0.5, 0.6) is 0 Å². The number of para-hydroxylation sites is 1. The first-order chi connectivity index (χ1) is 8.25. The molecule has 1 fully saturated rings. The first-order valence-corrected chi connectivity index (χ1v) is 5.86. The van der Waals surface area contributed by atoms with E-state index in [0.29, 0.717) is 23.6 Å². The van der Waals surface area contributed by atoms with Crippen molar-refractivity contribution in [3.05, 3.63) is 34.5 Å². The Morgan fingerprint density at radius 3 is 3.12 bits per heavy atom. The maximum Gasteiger partial charge on any atom is 0.326 e. The van der Waals surface area contributed by atoms with Crippen molar-refractivity contribution >= 4 is 11.0 Å². The van der Waals surface area contributed by atoms with E-state index in [1.165, 1.54) is 6.07 Å². The Balaban J connectivity index is 2.06. The average molecular weight is 235 g/mol. The fraction of sp³-hybridized carbons (Fsp3) is 0.417. The molecule has 2 heterocycles. The second kappa shape index (κ2) is 4.00. The van der Waals surface area contributed by atoms with Crippen molar-refractivity contribution in [2.24, 2.45) is 0 Å². The van der Waals surface area contributed by atoms with Crippen LogP contribution in [-0.2, 0) is 6.54 Å². The Morgan fingerprint density at radius 2 is 2.35 bits per heavy atom. The minimum absolute atomic E-state index is 0.237. The molecule has 0 aliphatic carbocycles. The van der Waals surface area contributed by atoms with Crippen LogP contribution in [0.15, 0.2) is 23.0 Å². The zero-order valence-corrected chi connectivity index (χ0v) is 9.37. The van der Waals surface area contributed by atoms with E-state index < -0.39 is 0 Å². The minimum Gasteiger partial charge on any atom is -0.312 e. The Labute approximate surface area is 97.4 Å². The van der Waals surface area contributed by atoms with Crippen LogP contribution >= 0.6 is 0 Å². The molecule has 0 bridgehead atoms. The zero-order valence-electron chi connectivity index (χ0n) is 9.37. The predicted molar refractivity (Wildman–Crippen MR) is 63.5 cm³/mol. The highest BCUT2D eigenvalue weighted by Gasteiger charge is 2.17. The lowest BCUT2D eigenvalue weighted by Gasteiger charge is -2.10. The van der Waals surface area contributed by atoms with Gasteiger partial charge in [0.15, 0.2) is 0 Å². The van der Waals surface area contributed by atoms with Crippen LogP contribution in [0.2, 0.25) is 0 Å². The number of imidazole rings is 1. The van der Waals surface area contributed by atoms with E-state index in [1.807, 2.05) is 0 Å². The summed E-state index contributed by atoms with van der Waals surface area (Å²) in [6.07, 6.45) is 2.20. The Bertz CT molecular complexity index is 595. The number of nitrogens with zero attached hydrogens (tertiary/aromatic N) is 1. The number of benzene rings is 1. The minimum atomic E-state index is -0.377. The van der Waals surface area contributed by atoms with Crippen molar-refractivity contribution in [3.63, 3.8) is 0 Å². The summed E-state index contributed by atoms with van der Waals surface area (Å²) < 4.78 is 15.1. The molecular weight excluding hydrogens is 221 g/mol. The van der Waals surface area contributed by atoms with Gasteiger partial charge in [-0.2, -0.15) is 0 Å². The molecule has 4 nitrogen and oxygen atoms in total. The number of H-pyrrole nitrogens is 1. The van der Waals surface area contributed by atoms with Gasteiger partial charge in [0.25, 0.3) is 0 Å². The molecular formula is C12H14FN3O. The maximum atomic E-state index is 13.5. The van der Waals surface area contributed by atoms with E-state index in [1.54, 1.807) is 16.7 Å². The van der Waals surface area contributed by atoms with Gasteiger partial charge in [0.1, 0.15) is 11.3 Å². The van der Waals surface area contributed by atoms with Crippen molar-refractivity contribution in [2.75, 3.05) is 6.54 Å². The van der Waals surface area contributed by atoms with Gasteiger partial charge in [-0.05, 0) is 31.5 Å². The Hall–Kier alpha value is -1.62. The second-order valence-corrected chi connectivity index (χ2v) is 4.47. The molecule has 3 rings (SSSR count). The van der Waals surface area contributed by atoms with E-state index in [2.05, 4.69) is 10.3 Å². The van der Waals surface area contributed by atoms with Gasteiger partial charge in [0.05, 0.1) is 5.52 Å². The highest BCUT2D eigenvalue weighted by atomic mass is 19.1. The molecule has 1 aromatic heterocycles. The zero-order chi connectivity index (χ0) is 11.8. The summed E-state index contributed by atoms with van der Waals surface area (Å²) in [5.74, 6) is -0.377. The van der Waals surface area contributed by atoms with Crippen molar-refractivity contribution in [3.8, 4) is 0 Å². The molecule has 1 aliphatic heterocycles. The van der Waals surface area contributed by atoms with Crippen molar-refractivity contribution in [1.29, 1.82) is 0 Å². The summed E-state index contributed by atoms with van der Waals surface area (Å²) in [6.45, 7) is 1.60. The predicted octanol–water partition coefficient (Wildman–Crippen LogP) is 1.22. The van der Waals surface area contributed by atoms with Crippen LogP contribution in [0.4, 0.5) is 4.39 Å². The number of aromatic nitrogens is 2. The quantitative estimate of drug-likeness (QED) is 0.822. The third-order valence-electron chi connectivity index (χ3n) is 3.32. The number of hydrogen-bond donors (Lipinski definition) is 2. The molecule has 1 atom stereocenters. The number of nitrogens with one attached hydrogen (secondary N) is 2. The van der Waals surface area contributed by atoms with Crippen molar-refractivity contribution in [2.45, 2.75) is 25.4 Å². The highest BCUT2D eigenvalue weighted by Crippen LogP contribution is 2.15. The van der Waals surface area contributed by atoms with E-state index in [4.69, 9.17) is 0 Å². The van der Waals surface area contributed by atoms with Gasteiger partial charge in [0, 0.05) is 12.6 Å². The third-order valence-corrected chi connectivity index (χ3v) is 3.32. The molecule has 90 valence electrons. The molecule has 0 radical (unpaired) electrons. The topological polar surface area (TPSA) is 49.8 Å². The molecule has 0 saturated carbocycles. The monoisotopic (exact) mass is 235 g/mol. The molecule has 17 heavy (non-hydrogen) atoms. The van der Waals surface area contributed by atoms with Gasteiger partial charge in [-0.25, -0.2) is 9.18 Å². The van der Waals surface area contributed by atoms with Crippen LogP contribution < -0.4 is 11.0 Å². The standard InChI is InChI=1S/C12H14FN3O/c13-9-4-1-5-10-11(9)15-12(17)16(10)7-8-3-2-6-14-8/h1,4-5,8,14H,2-3,6-7H2,(H,15,17). The Morgan fingerprint density at radius 1 is 1.47 bits per heavy atom. The summed E-state index contributed by atoms with van der Waals surface area (Å²) in [5.41, 5.74) is 0.706. The normalized spacial score (nSPS) is 20.2. The van der Waals surface area contributed by atoms with Gasteiger partial charge >= 0.3 is 5.69 Å². The third kappa shape index (κ3) is 1.76. The van der Waals surface area contributed by atoms with Crippen LogP contribution in [0, 0.1) is 5.82 Å². The van der Waals surface area contributed by atoms with Gasteiger partial charge in [-0.3, -0.25) is 4.57 Å². The van der Waals surface area contributed by atoms with Gasteiger partial charge in [-0.1, -0.05) is 6.07 Å². The fourth-order valence-electron chi connectivity index (χ4n) is 2.46. The fourth-order valence-corrected chi connectivity index (χ4v) is 2.46. The van der Waals surface area contributed by atoms with E-state index in [9.17, 15) is 9.18 Å². The lowest BCUT2D eigenvalue weighted by Crippen LogP contribution is -2.31. The van der Waals surface area contributed by atoms with Gasteiger partial charge in [0.2, 0.25) is 0 Å².